The minimum Gasteiger partial charge on any atom is -0.491 e. The molecular formula is C27H33N3O3S. The Bertz CT molecular complexity index is 1190. The molecule has 0 bridgehead atoms. The zero-order valence-corrected chi connectivity index (χ0v) is 21.0. The largest absolute Gasteiger partial charge is 0.491 e. The van der Waals surface area contributed by atoms with Crippen LogP contribution < -0.4 is 10.1 Å². The van der Waals surface area contributed by atoms with Gasteiger partial charge in [0, 0.05) is 12.6 Å². The Kier molecular flexibility index (Phi) is 6.15. The number of rotatable bonds is 6. The van der Waals surface area contributed by atoms with Gasteiger partial charge in [0.05, 0.1) is 22.9 Å². The minimum atomic E-state index is -0.984. The number of nitrogens with zero attached hydrogens (tertiary/aromatic N) is 2. The van der Waals surface area contributed by atoms with Gasteiger partial charge in [-0.05, 0) is 68.8 Å². The molecule has 1 unspecified atom stereocenters. The number of hydrogen-bond donors (Lipinski definition) is 1. The Morgan fingerprint density at radius 1 is 1.18 bits per heavy atom. The van der Waals surface area contributed by atoms with Gasteiger partial charge in [-0.2, -0.15) is 0 Å². The Morgan fingerprint density at radius 2 is 1.91 bits per heavy atom. The first-order valence-electron chi connectivity index (χ1n) is 12.3. The lowest BCUT2D eigenvalue weighted by Gasteiger charge is -2.45. The molecule has 2 amide bonds. The van der Waals surface area contributed by atoms with Crippen molar-refractivity contribution in [3.8, 4) is 5.75 Å². The topological polar surface area (TPSA) is 63.6 Å². The first-order chi connectivity index (χ1) is 16.3. The Balaban J connectivity index is 1.47. The number of carbonyl (C=O) groups is 2. The summed E-state index contributed by atoms with van der Waals surface area (Å²) in [5, 5.41) is 5.33. The van der Waals surface area contributed by atoms with E-state index in [1.807, 2.05) is 67.1 Å². The second kappa shape index (κ2) is 9.10. The van der Waals surface area contributed by atoms with Crippen LogP contribution in [0.25, 0.3) is 10.2 Å². The molecule has 0 saturated heterocycles. The van der Waals surface area contributed by atoms with Gasteiger partial charge in [-0.1, -0.05) is 31.4 Å². The number of amides is 2. The van der Waals surface area contributed by atoms with Crippen LogP contribution in [0.3, 0.4) is 0 Å². The van der Waals surface area contributed by atoms with E-state index in [1.165, 1.54) is 6.42 Å². The molecule has 1 aliphatic carbocycles. The number of nitrogens with one attached hydrogen (secondary N) is 1. The van der Waals surface area contributed by atoms with Gasteiger partial charge in [-0.3, -0.25) is 9.59 Å². The normalized spacial score (nSPS) is 21.2. The molecule has 1 aromatic carbocycles. The van der Waals surface area contributed by atoms with Gasteiger partial charge in [0.1, 0.15) is 17.0 Å². The number of benzene rings is 1. The lowest BCUT2D eigenvalue weighted by Crippen LogP contribution is -2.64. The smallest absolute Gasteiger partial charge is 0.271 e. The van der Waals surface area contributed by atoms with Crippen LogP contribution >= 0.6 is 11.3 Å². The molecule has 1 fully saturated rings. The molecule has 1 aliphatic heterocycles. The second-order valence-corrected chi connectivity index (χ2v) is 11.0. The fourth-order valence-electron chi connectivity index (χ4n) is 5.24. The molecule has 2 aliphatic rings. The van der Waals surface area contributed by atoms with E-state index in [2.05, 4.69) is 5.32 Å². The fraction of sp³-hybridized carbons (Fsp3) is 0.481. The van der Waals surface area contributed by atoms with Crippen molar-refractivity contribution >= 4 is 33.4 Å². The highest BCUT2D eigenvalue weighted by molar-refractivity contribution is 7.17. The van der Waals surface area contributed by atoms with Crippen molar-refractivity contribution in [2.75, 3.05) is 0 Å². The van der Waals surface area contributed by atoms with Gasteiger partial charge in [0.15, 0.2) is 0 Å². The Labute approximate surface area is 204 Å². The maximum absolute atomic E-state index is 13.8. The first-order valence-corrected chi connectivity index (χ1v) is 13.2. The summed E-state index contributed by atoms with van der Waals surface area (Å²) < 4.78 is 8.88. The molecule has 0 radical (unpaired) electrons. The lowest BCUT2D eigenvalue weighted by atomic mass is 9.91. The van der Waals surface area contributed by atoms with Gasteiger partial charge >= 0.3 is 0 Å². The van der Waals surface area contributed by atoms with E-state index < -0.39 is 5.54 Å². The number of carbonyl (C=O) groups excluding carboxylic acids is 2. The van der Waals surface area contributed by atoms with E-state index in [4.69, 9.17) is 4.74 Å². The standard InChI is InChI=1S/C27H33N3O3S/c1-18(2)33-21-11-9-19(10-12-21)16-30-25(31)23-15-24-22(13-14-34-24)29(23)17-27(30,3)26(32)28-20-7-5-4-6-8-20/h9-15,18,20H,4-8,16-17H2,1-3H3,(H,28,32). The number of hydrogen-bond acceptors (Lipinski definition) is 4. The molecule has 34 heavy (non-hydrogen) atoms. The van der Waals surface area contributed by atoms with Gasteiger partial charge in [0.2, 0.25) is 5.91 Å². The van der Waals surface area contributed by atoms with Crippen molar-refractivity contribution in [1.82, 2.24) is 14.8 Å². The molecule has 1 atom stereocenters. The minimum absolute atomic E-state index is 0.0600. The van der Waals surface area contributed by atoms with Crippen LogP contribution in [0, 0.1) is 0 Å². The number of ether oxygens (including phenoxy) is 1. The van der Waals surface area contributed by atoms with Crippen molar-refractivity contribution in [3.63, 3.8) is 0 Å². The molecule has 6 nitrogen and oxygen atoms in total. The predicted molar refractivity (Wildman–Crippen MR) is 135 cm³/mol. The Hall–Kier alpha value is -2.80. The third kappa shape index (κ3) is 4.22. The molecule has 1 N–H and O–H groups in total. The monoisotopic (exact) mass is 479 g/mol. The van der Waals surface area contributed by atoms with Crippen LogP contribution in [0.15, 0.2) is 41.8 Å². The summed E-state index contributed by atoms with van der Waals surface area (Å²) in [5.41, 5.74) is 1.68. The van der Waals surface area contributed by atoms with Crippen LogP contribution in [-0.4, -0.2) is 39.0 Å². The summed E-state index contributed by atoms with van der Waals surface area (Å²) in [6, 6.07) is 12.0. The van der Waals surface area contributed by atoms with Crippen molar-refractivity contribution in [2.24, 2.45) is 0 Å². The van der Waals surface area contributed by atoms with E-state index >= 15 is 0 Å². The molecule has 3 aromatic rings. The molecule has 3 heterocycles. The molecular weight excluding hydrogens is 446 g/mol. The molecule has 180 valence electrons. The molecule has 2 aromatic heterocycles. The summed E-state index contributed by atoms with van der Waals surface area (Å²) in [5.74, 6) is 0.643. The van der Waals surface area contributed by atoms with E-state index in [-0.39, 0.29) is 24.0 Å². The highest BCUT2D eigenvalue weighted by Crippen LogP contribution is 2.35. The summed E-state index contributed by atoms with van der Waals surface area (Å²) in [6.07, 6.45) is 5.64. The van der Waals surface area contributed by atoms with Crippen molar-refractivity contribution in [2.45, 2.75) is 83.6 Å². The summed E-state index contributed by atoms with van der Waals surface area (Å²) in [6.45, 7) is 6.73. The van der Waals surface area contributed by atoms with Crippen molar-refractivity contribution in [3.05, 3.63) is 53.0 Å². The average Bonchev–Trinajstić information content (AvgIpc) is 3.40. The Morgan fingerprint density at radius 3 is 2.62 bits per heavy atom. The van der Waals surface area contributed by atoms with Gasteiger partial charge in [-0.15, -0.1) is 11.3 Å². The summed E-state index contributed by atoms with van der Waals surface area (Å²) >= 11 is 1.63. The zero-order valence-electron chi connectivity index (χ0n) is 20.2. The second-order valence-electron chi connectivity index (χ2n) is 10.1. The van der Waals surface area contributed by atoms with E-state index in [0.29, 0.717) is 18.8 Å². The predicted octanol–water partition coefficient (Wildman–Crippen LogP) is 5.35. The van der Waals surface area contributed by atoms with Crippen LogP contribution in [0.5, 0.6) is 5.75 Å². The number of fused-ring (bicyclic) bond motifs is 3. The quantitative estimate of drug-likeness (QED) is 0.518. The lowest BCUT2D eigenvalue weighted by molar-refractivity contribution is -0.134. The van der Waals surface area contributed by atoms with E-state index in [0.717, 1.165) is 47.2 Å². The molecule has 1 saturated carbocycles. The summed E-state index contributed by atoms with van der Waals surface area (Å²) in [4.78, 5) is 29.4. The first kappa shape index (κ1) is 23.0. The van der Waals surface area contributed by atoms with Crippen LogP contribution in [0.1, 0.15) is 68.9 Å². The molecule has 5 rings (SSSR count). The molecule has 7 heteroatoms. The van der Waals surface area contributed by atoms with Gasteiger partial charge in [0.25, 0.3) is 5.91 Å². The maximum Gasteiger partial charge on any atom is 0.271 e. The van der Waals surface area contributed by atoms with Gasteiger partial charge in [-0.25, -0.2) is 0 Å². The van der Waals surface area contributed by atoms with E-state index in [1.54, 1.807) is 16.2 Å². The average molecular weight is 480 g/mol. The van der Waals surface area contributed by atoms with E-state index in [9.17, 15) is 9.59 Å². The van der Waals surface area contributed by atoms with Crippen LogP contribution in [0.4, 0.5) is 0 Å². The van der Waals surface area contributed by atoms with Crippen molar-refractivity contribution < 1.29 is 14.3 Å². The SMILES string of the molecule is CC(C)Oc1ccc(CN2C(=O)c3cc4sccc4n3CC2(C)C(=O)NC2CCCCC2)cc1. The highest BCUT2D eigenvalue weighted by Gasteiger charge is 2.48. The van der Waals surface area contributed by atoms with Gasteiger partial charge < -0.3 is 19.5 Å². The van der Waals surface area contributed by atoms with Crippen LogP contribution in [-0.2, 0) is 17.9 Å². The van der Waals surface area contributed by atoms with Crippen LogP contribution in [0.2, 0.25) is 0 Å². The fourth-order valence-corrected chi connectivity index (χ4v) is 6.06. The number of aromatic nitrogens is 1. The maximum atomic E-state index is 13.8. The van der Waals surface area contributed by atoms with Crippen molar-refractivity contribution in [1.29, 1.82) is 0 Å². The third-order valence-corrected chi connectivity index (χ3v) is 7.97. The summed E-state index contributed by atoms with van der Waals surface area (Å²) in [7, 11) is 0. The number of thiophene rings is 1. The third-order valence-electron chi connectivity index (χ3n) is 7.11. The molecule has 0 spiro atoms. The zero-order chi connectivity index (χ0) is 23.9. The highest BCUT2D eigenvalue weighted by atomic mass is 32.1.